The summed E-state index contributed by atoms with van der Waals surface area (Å²) in [6.07, 6.45) is 1.97. The summed E-state index contributed by atoms with van der Waals surface area (Å²) in [5.74, 6) is -0.350. The number of aromatic nitrogens is 4. The fourth-order valence-electron chi connectivity index (χ4n) is 3.33. The van der Waals surface area contributed by atoms with Crippen LogP contribution in [-0.4, -0.2) is 24.7 Å². The molecule has 0 saturated heterocycles. The van der Waals surface area contributed by atoms with Gasteiger partial charge in [-0.05, 0) is 52.0 Å². The molecule has 3 aromatic rings. The summed E-state index contributed by atoms with van der Waals surface area (Å²) in [4.78, 5) is 0. The van der Waals surface area contributed by atoms with Crippen molar-refractivity contribution in [2.24, 2.45) is 7.05 Å². The van der Waals surface area contributed by atoms with Gasteiger partial charge in [-0.25, -0.2) is 4.39 Å². The Morgan fingerprint density at radius 1 is 1.24 bits per heavy atom. The lowest BCUT2D eigenvalue weighted by atomic mass is 10.1. The molecule has 1 aromatic carbocycles. The van der Waals surface area contributed by atoms with Crippen LogP contribution in [0.5, 0.6) is 0 Å². The second-order valence-electron chi connectivity index (χ2n) is 7.07. The molecule has 1 unspecified atom stereocenters. The van der Waals surface area contributed by atoms with E-state index < -0.39 is 0 Å². The number of thiocarbonyl (C=S) groups is 1. The summed E-state index contributed by atoms with van der Waals surface area (Å²) >= 11 is 11.7. The maximum absolute atomic E-state index is 14.1. The van der Waals surface area contributed by atoms with Gasteiger partial charge in [-0.2, -0.15) is 10.2 Å². The minimum Gasteiger partial charge on any atom is -0.356 e. The number of benzene rings is 1. The molecule has 2 N–H and O–H groups in total. The van der Waals surface area contributed by atoms with Crippen LogP contribution in [0, 0.1) is 26.6 Å². The van der Waals surface area contributed by atoms with Gasteiger partial charge in [0.2, 0.25) is 0 Å². The van der Waals surface area contributed by atoms with Crippen LogP contribution in [-0.2, 0) is 13.6 Å². The smallest absolute Gasteiger partial charge is 0.171 e. The first-order chi connectivity index (χ1) is 13.7. The van der Waals surface area contributed by atoms with E-state index in [0.29, 0.717) is 15.7 Å². The van der Waals surface area contributed by atoms with Gasteiger partial charge in [-0.1, -0.05) is 17.7 Å². The molecule has 9 heteroatoms. The quantitative estimate of drug-likeness (QED) is 0.582. The predicted octanol–water partition coefficient (Wildman–Crippen LogP) is 4.43. The van der Waals surface area contributed by atoms with Crippen LogP contribution >= 0.6 is 23.8 Å². The molecule has 0 saturated carbocycles. The molecule has 29 heavy (non-hydrogen) atoms. The largest absolute Gasteiger partial charge is 0.356 e. The van der Waals surface area contributed by atoms with Crippen LogP contribution in [0.4, 0.5) is 10.1 Å². The average Bonchev–Trinajstić information content (AvgIpc) is 3.11. The van der Waals surface area contributed by atoms with E-state index in [0.717, 1.165) is 28.3 Å². The van der Waals surface area contributed by atoms with Crippen molar-refractivity contribution >= 4 is 34.6 Å². The Hall–Kier alpha value is -2.45. The zero-order chi connectivity index (χ0) is 21.3. The molecule has 0 fully saturated rings. The molecule has 2 heterocycles. The first-order valence-corrected chi connectivity index (χ1v) is 10.0. The van der Waals surface area contributed by atoms with Crippen molar-refractivity contribution in [3.05, 3.63) is 63.4 Å². The fraction of sp³-hybridized carbons (Fsp3) is 0.350. The van der Waals surface area contributed by atoms with Crippen molar-refractivity contribution in [3.8, 4) is 0 Å². The van der Waals surface area contributed by atoms with Gasteiger partial charge < -0.3 is 10.6 Å². The van der Waals surface area contributed by atoms with Gasteiger partial charge in [0.05, 0.1) is 35.4 Å². The van der Waals surface area contributed by atoms with Crippen molar-refractivity contribution in [2.75, 3.05) is 5.32 Å². The van der Waals surface area contributed by atoms with E-state index in [2.05, 4.69) is 20.8 Å². The van der Waals surface area contributed by atoms with Crippen LogP contribution in [0.3, 0.4) is 0 Å². The lowest BCUT2D eigenvalue weighted by Crippen LogP contribution is -2.31. The summed E-state index contributed by atoms with van der Waals surface area (Å²) in [6, 6.07) is 4.65. The van der Waals surface area contributed by atoms with Crippen LogP contribution < -0.4 is 10.6 Å². The molecule has 0 spiro atoms. The molecule has 1 atom stereocenters. The number of hydrogen-bond acceptors (Lipinski definition) is 3. The normalized spacial score (nSPS) is 12.1. The lowest BCUT2D eigenvalue weighted by molar-refractivity contribution is 0.579. The molecule has 0 bridgehead atoms. The van der Waals surface area contributed by atoms with Gasteiger partial charge >= 0.3 is 0 Å². The SMILES string of the molecule is Cc1nn(C)cc1C(C)NC(=S)Nc1c(C)nn(Cc2c(F)cccc2Cl)c1C. The standard InChI is InChI=1S/C20H24ClFN6S/c1-11(15-9-27(5)25-12(15)2)23-20(29)24-19-13(3)26-28(14(19)4)10-16-17(21)7-6-8-18(16)22/h6-9,11H,10H2,1-5H3,(H2,23,24,29). The Morgan fingerprint density at radius 3 is 2.59 bits per heavy atom. The van der Waals surface area contributed by atoms with Crippen molar-refractivity contribution in [1.82, 2.24) is 24.9 Å². The number of nitrogens with zero attached hydrogens (tertiary/aromatic N) is 4. The highest BCUT2D eigenvalue weighted by molar-refractivity contribution is 7.80. The summed E-state index contributed by atoms with van der Waals surface area (Å²) < 4.78 is 17.7. The van der Waals surface area contributed by atoms with E-state index in [4.69, 9.17) is 23.8 Å². The first-order valence-electron chi connectivity index (χ1n) is 9.22. The van der Waals surface area contributed by atoms with Gasteiger partial charge in [0, 0.05) is 29.4 Å². The van der Waals surface area contributed by atoms with E-state index >= 15 is 0 Å². The van der Waals surface area contributed by atoms with E-state index in [1.54, 1.807) is 21.5 Å². The Morgan fingerprint density at radius 2 is 1.97 bits per heavy atom. The Labute approximate surface area is 180 Å². The van der Waals surface area contributed by atoms with Crippen LogP contribution in [0.15, 0.2) is 24.4 Å². The van der Waals surface area contributed by atoms with Crippen LogP contribution in [0.1, 0.15) is 41.2 Å². The second-order valence-corrected chi connectivity index (χ2v) is 7.88. The number of halogens is 2. The fourth-order valence-corrected chi connectivity index (χ4v) is 3.83. The predicted molar refractivity (Wildman–Crippen MR) is 118 cm³/mol. The molecule has 6 nitrogen and oxygen atoms in total. The van der Waals surface area contributed by atoms with E-state index in [9.17, 15) is 4.39 Å². The average molecular weight is 435 g/mol. The first kappa shape index (κ1) is 21.3. The van der Waals surface area contributed by atoms with Crippen LogP contribution in [0.2, 0.25) is 5.02 Å². The monoisotopic (exact) mass is 434 g/mol. The molecule has 0 aliphatic carbocycles. The van der Waals surface area contributed by atoms with Crippen molar-refractivity contribution in [1.29, 1.82) is 0 Å². The van der Waals surface area contributed by atoms with Gasteiger partial charge in [-0.15, -0.1) is 0 Å². The third kappa shape index (κ3) is 4.59. The number of anilines is 1. The van der Waals surface area contributed by atoms with Crippen molar-refractivity contribution in [2.45, 2.75) is 40.3 Å². The molecule has 2 aromatic heterocycles. The Bertz CT molecular complexity index is 1040. The molecule has 154 valence electrons. The molecule has 3 rings (SSSR count). The number of hydrogen-bond donors (Lipinski definition) is 2. The minimum atomic E-state index is -0.350. The minimum absolute atomic E-state index is 0.00317. The van der Waals surface area contributed by atoms with Gasteiger partial charge in [0.1, 0.15) is 5.82 Å². The second kappa shape index (κ2) is 8.51. The molecule has 0 radical (unpaired) electrons. The van der Waals surface area contributed by atoms with Gasteiger partial charge in [-0.3, -0.25) is 9.36 Å². The Balaban J connectivity index is 1.75. The van der Waals surface area contributed by atoms with Gasteiger partial charge in [0.15, 0.2) is 5.11 Å². The topological polar surface area (TPSA) is 59.7 Å². The third-order valence-electron chi connectivity index (χ3n) is 4.86. The molecule has 0 aliphatic heterocycles. The van der Waals surface area contributed by atoms with Gasteiger partial charge in [0.25, 0.3) is 0 Å². The molecular weight excluding hydrogens is 411 g/mol. The van der Waals surface area contributed by atoms with E-state index in [1.165, 1.54) is 6.07 Å². The molecular formula is C20H24ClFN6S. The third-order valence-corrected chi connectivity index (χ3v) is 5.43. The number of aryl methyl sites for hydroxylation is 3. The van der Waals surface area contributed by atoms with E-state index in [-0.39, 0.29) is 18.4 Å². The lowest BCUT2D eigenvalue weighted by Gasteiger charge is -2.17. The maximum atomic E-state index is 14.1. The highest BCUT2D eigenvalue weighted by Gasteiger charge is 2.17. The zero-order valence-corrected chi connectivity index (χ0v) is 18.6. The summed E-state index contributed by atoms with van der Waals surface area (Å²) in [5.41, 5.74) is 4.85. The molecule has 0 aliphatic rings. The van der Waals surface area contributed by atoms with Crippen molar-refractivity contribution in [3.63, 3.8) is 0 Å². The summed E-state index contributed by atoms with van der Waals surface area (Å²) in [7, 11) is 1.89. The number of rotatable bonds is 5. The summed E-state index contributed by atoms with van der Waals surface area (Å²) in [6.45, 7) is 8.03. The molecule has 0 amide bonds. The highest BCUT2D eigenvalue weighted by atomic mass is 35.5. The Kier molecular flexibility index (Phi) is 6.24. The summed E-state index contributed by atoms with van der Waals surface area (Å²) in [5, 5.41) is 16.3. The van der Waals surface area contributed by atoms with Crippen LogP contribution in [0.25, 0.3) is 0 Å². The zero-order valence-electron chi connectivity index (χ0n) is 17.0. The maximum Gasteiger partial charge on any atom is 0.171 e. The van der Waals surface area contributed by atoms with E-state index in [1.807, 2.05) is 40.9 Å². The van der Waals surface area contributed by atoms with Crippen molar-refractivity contribution < 1.29 is 4.39 Å². The number of nitrogens with one attached hydrogen (secondary N) is 2. The highest BCUT2D eigenvalue weighted by Crippen LogP contribution is 2.25.